The minimum atomic E-state index is -0.805. The van der Waals surface area contributed by atoms with Crippen LogP contribution in [-0.2, 0) is 5.60 Å². The molecule has 1 aromatic carbocycles. The van der Waals surface area contributed by atoms with E-state index in [1.165, 1.54) is 12.5 Å². The predicted molar refractivity (Wildman–Crippen MR) is 67.3 cm³/mol. The molecule has 17 heavy (non-hydrogen) atoms. The average Bonchev–Trinajstić information content (AvgIpc) is 2.33. The highest BCUT2D eigenvalue weighted by molar-refractivity contribution is 5.28. The van der Waals surface area contributed by atoms with Crippen LogP contribution in [0.4, 0.5) is 4.39 Å². The Hall–Kier alpha value is -0.890. The molecule has 0 aliphatic heterocycles. The lowest BCUT2D eigenvalue weighted by Crippen LogP contribution is -2.31. The first kappa shape index (κ1) is 12.6. The van der Waals surface area contributed by atoms with E-state index in [0.29, 0.717) is 5.56 Å². The van der Waals surface area contributed by atoms with Crippen molar-refractivity contribution in [2.45, 2.75) is 51.6 Å². The molecule has 94 valence electrons. The third-order valence-electron chi connectivity index (χ3n) is 4.22. The van der Waals surface area contributed by atoms with Gasteiger partial charge in [0.25, 0.3) is 0 Å². The second-order valence-corrected chi connectivity index (χ2v) is 5.35. The molecular formula is C15H21FO. The fourth-order valence-electron chi connectivity index (χ4n) is 2.73. The molecule has 0 unspecified atom stereocenters. The lowest BCUT2D eigenvalue weighted by atomic mass is 9.74. The summed E-state index contributed by atoms with van der Waals surface area (Å²) in [5.74, 6) is 0.513. The highest BCUT2D eigenvalue weighted by Crippen LogP contribution is 2.40. The number of rotatable bonds is 2. The Morgan fingerprint density at radius 2 is 2.00 bits per heavy atom. The van der Waals surface area contributed by atoms with Gasteiger partial charge in [-0.3, -0.25) is 0 Å². The Kier molecular flexibility index (Phi) is 3.53. The van der Waals surface area contributed by atoms with Gasteiger partial charge in [-0.15, -0.1) is 0 Å². The zero-order chi connectivity index (χ0) is 12.5. The van der Waals surface area contributed by atoms with Crippen LogP contribution in [0, 0.1) is 18.7 Å². The highest BCUT2D eigenvalue weighted by Gasteiger charge is 2.34. The van der Waals surface area contributed by atoms with Gasteiger partial charge < -0.3 is 5.11 Å². The Balaban J connectivity index is 2.18. The third kappa shape index (κ3) is 2.52. The summed E-state index contributed by atoms with van der Waals surface area (Å²) in [5.41, 5.74) is 0.579. The zero-order valence-electron chi connectivity index (χ0n) is 10.7. The largest absolute Gasteiger partial charge is 0.385 e. The van der Waals surface area contributed by atoms with Gasteiger partial charge in [0.1, 0.15) is 5.82 Å². The van der Waals surface area contributed by atoms with Crippen molar-refractivity contribution in [1.82, 2.24) is 0 Å². The van der Waals surface area contributed by atoms with Gasteiger partial charge in [-0.25, -0.2) is 4.39 Å². The predicted octanol–water partition coefficient (Wildman–Crippen LogP) is 3.92. The average molecular weight is 236 g/mol. The molecule has 1 fully saturated rings. The molecule has 2 rings (SSSR count). The first-order valence-corrected chi connectivity index (χ1v) is 6.54. The standard InChI is InChI=1S/C15H21FO/c1-3-12-6-8-15(17,9-7-12)13-5-4-11(2)14(16)10-13/h4-5,10,12,17H,3,6-9H2,1-2H3. The van der Waals surface area contributed by atoms with Gasteiger partial charge in [0.2, 0.25) is 0 Å². The van der Waals surface area contributed by atoms with Crippen LogP contribution >= 0.6 is 0 Å². The number of hydrogen-bond donors (Lipinski definition) is 1. The summed E-state index contributed by atoms with van der Waals surface area (Å²) in [6.07, 6.45) is 4.78. The van der Waals surface area contributed by atoms with Crippen molar-refractivity contribution >= 4 is 0 Å². The molecule has 0 spiro atoms. The fourth-order valence-corrected chi connectivity index (χ4v) is 2.73. The summed E-state index contributed by atoms with van der Waals surface area (Å²) in [6, 6.07) is 5.13. The van der Waals surface area contributed by atoms with E-state index in [4.69, 9.17) is 0 Å². The van der Waals surface area contributed by atoms with E-state index in [1.54, 1.807) is 13.0 Å². The molecule has 2 heteroatoms. The van der Waals surface area contributed by atoms with E-state index < -0.39 is 5.60 Å². The van der Waals surface area contributed by atoms with E-state index in [9.17, 15) is 9.50 Å². The van der Waals surface area contributed by atoms with E-state index in [1.807, 2.05) is 6.07 Å². The van der Waals surface area contributed by atoms with Gasteiger partial charge in [0, 0.05) is 0 Å². The van der Waals surface area contributed by atoms with E-state index in [2.05, 4.69) is 6.92 Å². The summed E-state index contributed by atoms with van der Waals surface area (Å²) in [6.45, 7) is 3.94. The zero-order valence-corrected chi connectivity index (χ0v) is 10.7. The lowest BCUT2D eigenvalue weighted by molar-refractivity contribution is -0.0148. The van der Waals surface area contributed by atoms with Crippen LogP contribution in [0.5, 0.6) is 0 Å². The van der Waals surface area contributed by atoms with Gasteiger partial charge in [-0.05, 0) is 55.7 Å². The first-order valence-electron chi connectivity index (χ1n) is 6.54. The maximum Gasteiger partial charge on any atom is 0.126 e. The van der Waals surface area contributed by atoms with Crippen molar-refractivity contribution in [3.8, 4) is 0 Å². The van der Waals surface area contributed by atoms with E-state index in [0.717, 1.165) is 37.2 Å². The van der Waals surface area contributed by atoms with Crippen molar-refractivity contribution in [3.05, 3.63) is 35.1 Å². The van der Waals surface area contributed by atoms with Gasteiger partial charge >= 0.3 is 0 Å². The molecule has 0 bridgehead atoms. The molecule has 1 aromatic rings. The van der Waals surface area contributed by atoms with Crippen LogP contribution in [0.3, 0.4) is 0 Å². The van der Waals surface area contributed by atoms with Crippen molar-refractivity contribution in [1.29, 1.82) is 0 Å². The molecule has 1 N–H and O–H groups in total. The lowest BCUT2D eigenvalue weighted by Gasteiger charge is -2.36. The smallest absolute Gasteiger partial charge is 0.126 e. The molecule has 1 nitrogen and oxygen atoms in total. The van der Waals surface area contributed by atoms with Crippen LogP contribution in [-0.4, -0.2) is 5.11 Å². The Morgan fingerprint density at radius 3 is 2.53 bits per heavy atom. The summed E-state index contributed by atoms with van der Waals surface area (Å²) >= 11 is 0. The molecule has 0 saturated heterocycles. The summed E-state index contributed by atoms with van der Waals surface area (Å²) < 4.78 is 13.5. The van der Waals surface area contributed by atoms with Crippen molar-refractivity contribution in [2.75, 3.05) is 0 Å². The molecular weight excluding hydrogens is 215 g/mol. The molecule has 0 radical (unpaired) electrons. The number of hydrogen-bond acceptors (Lipinski definition) is 1. The molecule has 0 aromatic heterocycles. The van der Waals surface area contributed by atoms with Crippen molar-refractivity contribution < 1.29 is 9.50 Å². The van der Waals surface area contributed by atoms with Gasteiger partial charge in [-0.2, -0.15) is 0 Å². The second kappa shape index (κ2) is 4.77. The van der Waals surface area contributed by atoms with Crippen LogP contribution < -0.4 is 0 Å². The summed E-state index contributed by atoms with van der Waals surface area (Å²) in [5, 5.41) is 10.6. The molecule has 0 atom stereocenters. The van der Waals surface area contributed by atoms with E-state index in [-0.39, 0.29) is 5.82 Å². The maximum atomic E-state index is 13.5. The number of aryl methyl sites for hydroxylation is 1. The van der Waals surface area contributed by atoms with Crippen LogP contribution in [0.25, 0.3) is 0 Å². The second-order valence-electron chi connectivity index (χ2n) is 5.35. The van der Waals surface area contributed by atoms with Gasteiger partial charge in [0.15, 0.2) is 0 Å². The van der Waals surface area contributed by atoms with Crippen LogP contribution in [0.15, 0.2) is 18.2 Å². The molecule has 1 saturated carbocycles. The topological polar surface area (TPSA) is 20.2 Å². The minimum absolute atomic E-state index is 0.214. The Labute approximate surface area is 103 Å². The normalized spacial score (nSPS) is 29.3. The summed E-state index contributed by atoms with van der Waals surface area (Å²) in [7, 11) is 0. The SMILES string of the molecule is CCC1CCC(O)(c2ccc(C)c(F)c2)CC1. The van der Waals surface area contributed by atoms with E-state index >= 15 is 0 Å². The molecule has 0 heterocycles. The quantitative estimate of drug-likeness (QED) is 0.825. The number of benzene rings is 1. The Morgan fingerprint density at radius 1 is 1.35 bits per heavy atom. The van der Waals surface area contributed by atoms with Crippen molar-refractivity contribution in [3.63, 3.8) is 0 Å². The fraction of sp³-hybridized carbons (Fsp3) is 0.600. The summed E-state index contributed by atoms with van der Waals surface area (Å²) in [4.78, 5) is 0. The third-order valence-corrected chi connectivity index (χ3v) is 4.22. The monoisotopic (exact) mass is 236 g/mol. The molecule has 0 amide bonds. The van der Waals surface area contributed by atoms with Crippen LogP contribution in [0.1, 0.15) is 50.2 Å². The maximum absolute atomic E-state index is 13.5. The number of aliphatic hydroxyl groups is 1. The minimum Gasteiger partial charge on any atom is -0.385 e. The highest BCUT2D eigenvalue weighted by atomic mass is 19.1. The molecule has 1 aliphatic carbocycles. The van der Waals surface area contributed by atoms with Gasteiger partial charge in [-0.1, -0.05) is 25.5 Å². The first-order chi connectivity index (χ1) is 8.05. The van der Waals surface area contributed by atoms with Crippen LogP contribution in [0.2, 0.25) is 0 Å². The van der Waals surface area contributed by atoms with Crippen molar-refractivity contribution in [2.24, 2.45) is 5.92 Å². The molecule has 1 aliphatic rings. The number of halogens is 1. The Bertz CT molecular complexity index is 392. The van der Waals surface area contributed by atoms with Gasteiger partial charge in [0.05, 0.1) is 5.60 Å².